The van der Waals surface area contributed by atoms with E-state index in [-0.39, 0.29) is 12.4 Å². The smallest absolute Gasteiger partial charge is 0.124 e. The van der Waals surface area contributed by atoms with Crippen LogP contribution in [0.3, 0.4) is 0 Å². The molecule has 0 spiro atoms. The fourth-order valence-corrected chi connectivity index (χ4v) is 4.72. The molecule has 0 aliphatic rings. The summed E-state index contributed by atoms with van der Waals surface area (Å²) in [5.41, 5.74) is 4.34. The predicted octanol–water partition coefficient (Wildman–Crippen LogP) is 6.96. The van der Waals surface area contributed by atoms with Crippen LogP contribution in [0.4, 0.5) is 0 Å². The Morgan fingerprint density at radius 1 is 0.733 bits per heavy atom. The van der Waals surface area contributed by atoms with Crippen molar-refractivity contribution in [1.82, 2.24) is 5.32 Å². The molecular weight excluding hydrogens is 566 g/mol. The zero-order chi connectivity index (χ0) is 31.5. The summed E-state index contributed by atoms with van der Waals surface area (Å²) in [7, 11) is 0. The first-order chi connectivity index (χ1) is 22.1. The topological polar surface area (TPSA) is 100 Å². The van der Waals surface area contributed by atoms with Crippen LogP contribution < -0.4 is 14.8 Å². The van der Waals surface area contributed by atoms with Gasteiger partial charge in [-0.2, -0.15) is 0 Å². The standard InChI is InChI=1S/C38H45NO6/c40-27-34-24-33(17-18-37(34)41)38(42)26-39-19-11-21-43-20-10-2-1-5-16-32-22-35(44-28-30-12-6-3-7-13-30)25-36(23-32)45-29-31-14-8-4-9-15-31/h3-9,12-18,22-25,38-42H,1-2,10-11,19-21,26-29H2. The monoisotopic (exact) mass is 611 g/mol. The maximum Gasteiger partial charge on any atom is 0.124 e. The summed E-state index contributed by atoms with van der Waals surface area (Å²) >= 11 is 0. The molecule has 4 aromatic rings. The second-order valence-corrected chi connectivity index (χ2v) is 10.9. The van der Waals surface area contributed by atoms with Gasteiger partial charge in [-0.3, -0.25) is 0 Å². The second-order valence-electron chi connectivity index (χ2n) is 10.9. The van der Waals surface area contributed by atoms with Gasteiger partial charge in [0.2, 0.25) is 0 Å². The van der Waals surface area contributed by atoms with Crippen molar-refractivity contribution in [2.75, 3.05) is 26.3 Å². The van der Waals surface area contributed by atoms with Crippen LogP contribution in [0.5, 0.6) is 17.2 Å². The number of hydrogen-bond donors (Lipinski definition) is 4. The van der Waals surface area contributed by atoms with Crippen LogP contribution in [-0.4, -0.2) is 41.6 Å². The van der Waals surface area contributed by atoms with Gasteiger partial charge in [-0.25, -0.2) is 0 Å². The normalized spacial score (nSPS) is 12.0. The number of aliphatic hydroxyl groups is 2. The molecule has 0 aliphatic carbocycles. The Morgan fingerprint density at radius 3 is 2.02 bits per heavy atom. The number of benzene rings is 4. The quantitative estimate of drug-likeness (QED) is 0.0802. The highest BCUT2D eigenvalue weighted by molar-refractivity contribution is 5.55. The molecule has 45 heavy (non-hydrogen) atoms. The van der Waals surface area contributed by atoms with E-state index in [9.17, 15) is 15.3 Å². The highest BCUT2D eigenvalue weighted by atomic mass is 16.5. The molecule has 238 valence electrons. The first kappa shape index (κ1) is 33.7. The maximum absolute atomic E-state index is 10.3. The van der Waals surface area contributed by atoms with E-state index in [1.807, 2.05) is 54.6 Å². The molecule has 0 aliphatic heterocycles. The fraction of sp³-hybridized carbons (Fsp3) is 0.316. The van der Waals surface area contributed by atoms with Crippen LogP contribution >= 0.6 is 0 Å². The SMILES string of the molecule is OCc1cc(C(O)CNCCCOCCCCC=Cc2cc(OCc3ccccc3)cc(OCc3ccccc3)c2)ccc1O. The van der Waals surface area contributed by atoms with Crippen LogP contribution in [0.25, 0.3) is 6.08 Å². The Kier molecular flexibility index (Phi) is 14.5. The van der Waals surface area contributed by atoms with E-state index in [0.29, 0.717) is 44.1 Å². The molecule has 1 atom stereocenters. The number of aromatic hydroxyl groups is 1. The molecule has 0 saturated carbocycles. The Balaban J connectivity index is 1.13. The molecule has 0 amide bonds. The van der Waals surface area contributed by atoms with Crippen LogP contribution in [0.1, 0.15) is 59.6 Å². The Bertz CT molecular complexity index is 1370. The van der Waals surface area contributed by atoms with Gasteiger partial charge in [-0.15, -0.1) is 0 Å². The lowest BCUT2D eigenvalue weighted by atomic mass is 10.1. The van der Waals surface area contributed by atoms with Gasteiger partial charge in [-0.05, 0) is 78.7 Å². The van der Waals surface area contributed by atoms with Crippen molar-refractivity contribution >= 4 is 6.08 Å². The molecule has 4 N–H and O–H groups in total. The average molecular weight is 612 g/mol. The zero-order valence-corrected chi connectivity index (χ0v) is 25.8. The van der Waals surface area contributed by atoms with E-state index >= 15 is 0 Å². The van der Waals surface area contributed by atoms with Crippen molar-refractivity contribution in [2.24, 2.45) is 0 Å². The van der Waals surface area contributed by atoms with Crippen molar-refractivity contribution in [2.45, 2.75) is 51.6 Å². The zero-order valence-electron chi connectivity index (χ0n) is 25.8. The molecule has 0 saturated heterocycles. The molecule has 4 rings (SSSR count). The number of aliphatic hydroxyl groups excluding tert-OH is 2. The highest BCUT2D eigenvalue weighted by Crippen LogP contribution is 2.26. The third-order valence-electron chi connectivity index (χ3n) is 7.26. The molecule has 1 unspecified atom stereocenters. The molecule has 4 aromatic carbocycles. The van der Waals surface area contributed by atoms with Gasteiger partial charge in [0.25, 0.3) is 0 Å². The minimum Gasteiger partial charge on any atom is -0.508 e. The first-order valence-electron chi connectivity index (χ1n) is 15.6. The van der Waals surface area contributed by atoms with Gasteiger partial charge in [0.05, 0.1) is 12.7 Å². The number of ether oxygens (including phenoxy) is 3. The van der Waals surface area contributed by atoms with Gasteiger partial charge in [0, 0.05) is 31.4 Å². The lowest BCUT2D eigenvalue weighted by molar-refractivity contribution is 0.125. The van der Waals surface area contributed by atoms with Crippen LogP contribution in [0.2, 0.25) is 0 Å². The average Bonchev–Trinajstić information content (AvgIpc) is 3.08. The number of allylic oxidation sites excluding steroid dienone is 1. The largest absolute Gasteiger partial charge is 0.508 e. The van der Waals surface area contributed by atoms with Crippen molar-refractivity contribution in [3.63, 3.8) is 0 Å². The maximum atomic E-state index is 10.3. The minimum atomic E-state index is -0.706. The summed E-state index contributed by atoms with van der Waals surface area (Å²) in [4.78, 5) is 0. The van der Waals surface area contributed by atoms with Gasteiger partial charge >= 0.3 is 0 Å². The first-order valence-corrected chi connectivity index (χ1v) is 15.6. The van der Waals surface area contributed by atoms with E-state index in [2.05, 4.69) is 41.7 Å². The summed E-state index contributed by atoms with van der Waals surface area (Å²) in [6, 6.07) is 31.1. The van der Waals surface area contributed by atoms with Crippen molar-refractivity contribution < 1.29 is 29.5 Å². The van der Waals surface area contributed by atoms with Gasteiger partial charge < -0.3 is 34.8 Å². The van der Waals surface area contributed by atoms with E-state index in [1.165, 1.54) is 6.07 Å². The summed E-state index contributed by atoms with van der Waals surface area (Å²) < 4.78 is 18.0. The number of hydrogen-bond acceptors (Lipinski definition) is 7. The second kappa shape index (κ2) is 19.3. The molecule has 0 aromatic heterocycles. The van der Waals surface area contributed by atoms with E-state index in [4.69, 9.17) is 14.2 Å². The van der Waals surface area contributed by atoms with Crippen molar-refractivity contribution in [1.29, 1.82) is 0 Å². The lowest BCUT2D eigenvalue weighted by Crippen LogP contribution is -2.23. The van der Waals surface area contributed by atoms with Gasteiger partial charge in [0.1, 0.15) is 30.5 Å². The van der Waals surface area contributed by atoms with E-state index in [1.54, 1.807) is 12.1 Å². The number of unbranched alkanes of at least 4 members (excludes halogenated alkanes) is 2. The molecule has 0 heterocycles. The minimum absolute atomic E-state index is 0.0310. The van der Waals surface area contributed by atoms with Crippen LogP contribution in [-0.2, 0) is 24.6 Å². The summed E-state index contributed by atoms with van der Waals surface area (Å²) in [5, 5.41) is 32.5. The summed E-state index contributed by atoms with van der Waals surface area (Å²) in [6.07, 6.45) is 7.41. The van der Waals surface area contributed by atoms with Crippen molar-refractivity contribution in [3.8, 4) is 17.2 Å². The van der Waals surface area contributed by atoms with Gasteiger partial charge in [0.15, 0.2) is 0 Å². The lowest BCUT2D eigenvalue weighted by Gasteiger charge is -2.14. The van der Waals surface area contributed by atoms with Crippen molar-refractivity contribution in [3.05, 3.63) is 131 Å². The number of phenols is 1. The highest BCUT2D eigenvalue weighted by Gasteiger charge is 2.10. The third kappa shape index (κ3) is 12.4. The molecule has 0 radical (unpaired) electrons. The third-order valence-corrected chi connectivity index (χ3v) is 7.26. The molecule has 7 heteroatoms. The Labute approximate surface area is 266 Å². The number of rotatable bonds is 20. The molecule has 7 nitrogen and oxygen atoms in total. The Hall–Kier alpha value is -4.14. The number of nitrogens with one attached hydrogen (secondary N) is 1. The molecule has 0 bridgehead atoms. The van der Waals surface area contributed by atoms with E-state index < -0.39 is 6.10 Å². The summed E-state index contributed by atoms with van der Waals surface area (Å²) in [6.45, 7) is 3.23. The predicted molar refractivity (Wildman–Crippen MR) is 178 cm³/mol. The molecular formula is C38H45NO6. The van der Waals surface area contributed by atoms with Crippen LogP contribution in [0.15, 0.2) is 103 Å². The van der Waals surface area contributed by atoms with E-state index in [0.717, 1.165) is 60.4 Å². The Morgan fingerprint density at radius 2 is 1.38 bits per heavy atom. The molecule has 0 fully saturated rings. The van der Waals surface area contributed by atoms with Gasteiger partial charge in [-0.1, -0.05) is 78.9 Å². The van der Waals surface area contributed by atoms with Crippen LogP contribution in [0, 0.1) is 0 Å². The summed E-state index contributed by atoms with van der Waals surface area (Å²) in [5.74, 6) is 1.58. The fourth-order valence-electron chi connectivity index (χ4n) is 4.72.